The molecule has 2 heterocycles. The summed E-state index contributed by atoms with van der Waals surface area (Å²) in [6.45, 7) is 8.03. The van der Waals surface area contributed by atoms with E-state index in [0.29, 0.717) is 41.5 Å². The summed E-state index contributed by atoms with van der Waals surface area (Å²) in [5.74, 6) is 2.19. The number of rotatable bonds is 8. The number of anilines is 2. The number of hydrogen-bond acceptors (Lipinski definition) is 7. The Morgan fingerprint density at radius 1 is 1.03 bits per heavy atom. The summed E-state index contributed by atoms with van der Waals surface area (Å²) in [5.41, 5.74) is 3.65. The van der Waals surface area contributed by atoms with Gasteiger partial charge in [-0.1, -0.05) is 23.9 Å². The number of amidine groups is 1. The van der Waals surface area contributed by atoms with Crippen molar-refractivity contribution in [3.05, 3.63) is 59.3 Å². The van der Waals surface area contributed by atoms with Gasteiger partial charge in [0.15, 0.2) is 5.17 Å². The van der Waals surface area contributed by atoms with E-state index in [9.17, 15) is 9.59 Å². The van der Waals surface area contributed by atoms with Crippen molar-refractivity contribution in [1.29, 1.82) is 0 Å². The van der Waals surface area contributed by atoms with Crippen LogP contribution in [-0.4, -0.2) is 66.5 Å². The minimum Gasteiger partial charge on any atom is -0.497 e. The fourth-order valence-corrected chi connectivity index (χ4v) is 5.71. The molecule has 2 aromatic rings. The van der Waals surface area contributed by atoms with Crippen molar-refractivity contribution in [3.63, 3.8) is 0 Å². The Bertz CT molecular complexity index is 1220. The van der Waals surface area contributed by atoms with Gasteiger partial charge >= 0.3 is 6.03 Å². The van der Waals surface area contributed by atoms with Gasteiger partial charge in [0, 0.05) is 55.0 Å². The first kappa shape index (κ1) is 27.4. The summed E-state index contributed by atoms with van der Waals surface area (Å²) >= 11 is 1.73. The van der Waals surface area contributed by atoms with Gasteiger partial charge in [-0.3, -0.25) is 4.79 Å². The Morgan fingerprint density at radius 3 is 2.26 bits per heavy atom. The largest absolute Gasteiger partial charge is 0.497 e. The Kier molecular flexibility index (Phi) is 8.83. The van der Waals surface area contributed by atoms with E-state index in [2.05, 4.69) is 15.5 Å². The zero-order valence-electron chi connectivity index (χ0n) is 22.5. The third kappa shape index (κ3) is 5.91. The number of benzene rings is 2. The summed E-state index contributed by atoms with van der Waals surface area (Å²) in [5, 5.41) is 6.65. The molecule has 0 radical (unpaired) electrons. The molecular formula is C28H35N5O4S. The SMILES string of the molecule is CCN(CC)C(=O)C1=C(C)N=C2SCCCN2C1c1ccc(NC(=O)Nc2cc(OC)cc(OC)c2)cc1. The molecule has 4 rings (SSSR count). The number of hydrogen-bond donors (Lipinski definition) is 2. The highest BCUT2D eigenvalue weighted by Gasteiger charge is 2.38. The maximum atomic E-state index is 13.6. The van der Waals surface area contributed by atoms with Gasteiger partial charge in [0.25, 0.3) is 5.91 Å². The number of amides is 3. The fraction of sp³-hybridized carbons (Fsp3) is 0.393. The number of nitrogens with one attached hydrogen (secondary N) is 2. The minimum absolute atomic E-state index is 0.0196. The Balaban J connectivity index is 1.56. The molecule has 1 atom stereocenters. The third-order valence-electron chi connectivity index (χ3n) is 6.63. The van der Waals surface area contributed by atoms with E-state index in [1.54, 1.807) is 44.2 Å². The molecule has 0 aliphatic carbocycles. The highest BCUT2D eigenvalue weighted by atomic mass is 32.2. The zero-order chi connectivity index (χ0) is 27.2. The average Bonchev–Trinajstić information content (AvgIpc) is 2.93. The zero-order valence-corrected chi connectivity index (χ0v) is 23.4. The average molecular weight is 538 g/mol. The van der Waals surface area contributed by atoms with E-state index in [1.807, 2.05) is 49.9 Å². The molecule has 0 saturated carbocycles. The molecule has 0 aromatic heterocycles. The van der Waals surface area contributed by atoms with Gasteiger partial charge in [-0.25, -0.2) is 9.79 Å². The number of methoxy groups -OCH3 is 2. The van der Waals surface area contributed by atoms with Crippen molar-refractivity contribution in [3.8, 4) is 11.5 Å². The lowest BCUT2D eigenvalue weighted by molar-refractivity contribution is -0.127. The molecule has 2 N–H and O–H groups in total. The monoisotopic (exact) mass is 537 g/mol. The molecule has 0 spiro atoms. The van der Waals surface area contributed by atoms with E-state index in [1.165, 1.54) is 0 Å². The van der Waals surface area contributed by atoms with Crippen LogP contribution in [0.1, 0.15) is 38.8 Å². The third-order valence-corrected chi connectivity index (χ3v) is 7.71. The van der Waals surface area contributed by atoms with Crippen LogP contribution < -0.4 is 20.1 Å². The van der Waals surface area contributed by atoms with Crippen LogP contribution >= 0.6 is 11.8 Å². The standard InChI is InChI=1S/C28H35N5O4S/c1-6-32(7-2)26(34)24-18(3)29-28-33(13-8-14-38-28)25(24)19-9-11-20(12-10-19)30-27(35)31-21-15-22(36-4)17-23(16-21)37-5/h9-12,15-17,25H,6-8,13-14H2,1-5H3,(H2,30,31,35). The first-order valence-electron chi connectivity index (χ1n) is 12.8. The summed E-state index contributed by atoms with van der Waals surface area (Å²) in [4.78, 5) is 35.2. The first-order valence-corrected chi connectivity index (χ1v) is 13.8. The number of aliphatic imine (C=N–C) groups is 1. The highest BCUT2D eigenvalue weighted by Crippen LogP contribution is 2.40. The number of carbonyl (C=O) groups excluding carboxylic acids is 2. The number of urea groups is 1. The van der Waals surface area contributed by atoms with Crippen LogP contribution in [0.2, 0.25) is 0 Å². The van der Waals surface area contributed by atoms with E-state index in [-0.39, 0.29) is 18.0 Å². The van der Waals surface area contributed by atoms with Gasteiger partial charge in [0.05, 0.1) is 31.5 Å². The summed E-state index contributed by atoms with van der Waals surface area (Å²) in [7, 11) is 3.11. The minimum atomic E-state index is -0.388. The van der Waals surface area contributed by atoms with Crippen LogP contribution in [0.4, 0.5) is 16.2 Å². The summed E-state index contributed by atoms with van der Waals surface area (Å²) in [6.07, 6.45) is 1.03. The molecule has 10 heteroatoms. The van der Waals surface area contributed by atoms with Crippen LogP contribution in [0.3, 0.4) is 0 Å². The molecule has 1 saturated heterocycles. The second-order valence-electron chi connectivity index (χ2n) is 8.97. The van der Waals surface area contributed by atoms with Crippen LogP contribution in [0.25, 0.3) is 0 Å². The van der Waals surface area contributed by atoms with Crippen molar-refractivity contribution in [2.45, 2.75) is 33.2 Å². The lowest BCUT2D eigenvalue weighted by atomic mass is 9.93. The lowest BCUT2D eigenvalue weighted by Gasteiger charge is -2.41. The fourth-order valence-electron chi connectivity index (χ4n) is 4.69. The number of fused-ring (bicyclic) bond motifs is 1. The maximum Gasteiger partial charge on any atom is 0.323 e. The molecule has 3 amide bonds. The van der Waals surface area contributed by atoms with Crippen LogP contribution in [-0.2, 0) is 4.79 Å². The second-order valence-corrected chi connectivity index (χ2v) is 10.0. The Labute approximate surface area is 228 Å². The molecule has 202 valence electrons. The van der Waals surface area contributed by atoms with Crippen LogP contribution in [0.5, 0.6) is 11.5 Å². The predicted octanol–water partition coefficient (Wildman–Crippen LogP) is 5.34. The van der Waals surface area contributed by atoms with Crippen molar-refractivity contribution in [1.82, 2.24) is 9.80 Å². The number of allylic oxidation sites excluding steroid dienone is 1. The molecule has 2 aliphatic rings. The van der Waals surface area contributed by atoms with E-state index >= 15 is 0 Å². The second kappa shape index (κ2) is 12.3. The van der Waals surface area contributed by atoms with Crippen molar-refractivity contribution >= 4 is 40.2 Å². The van der Waals surface area contributed by atoms with Gasteiger partial charge in [-0.15, -0.1) is 0 Å². The summed E-state index contributed by atoms with van der Waals surface area (Å²) < 4.78 is 10.5. The predicted molar refractivity (Wildman–Crippen MR) is 153 cm³/mol. The molecule has 1 unspecified atom stereocenters. The first-order chi connectivity index (χ1) is 18.4. The van der Waals surface area contributed by atoms with E-state index < -0.39 is 0 Å². The Morgan fingerprint density at radius 2 is 1.66 bits per heavy atom. The molecule has 1 fully saturated rings. The highest BCUT2D eigenvalue weighted by molar-refractivity contribution is 8.13. The number of nitrogens with zero attached hydrogens (tertiary/aromatic N) is 3. The quantitative estimate of drug-likeness (QED) is 0.472. The van der Waals surface area contributed by atoms with Gasteiger partial charge in [-0.05, 0) is 44.9 Å². The number of carbonyl (C=O) groups is 2. The van der Waals surface area contributed by atoms with Crippen molar-refractivity contribution in [2.24, 2.45) is 4.99 Å². The molecular weight excluding hydrogens is 502 g/mol. The molecule has 2 aromatic carbocycles. The summed E-state index contributed by atoms with van der Waals surface area (Å²) in [6, 6.07) is 12.2. The number of ether oxygens (including phenoxy) is 2. The number of thioether (sulfide) groups is 1. The van der Waals surface area contributed by atoms with Crippen molar-refractivity contribution in [2.75, 3.05) is 50.2 Å². The van der Waals surface area contributed by atoms with Crippen LogP contribution in [0.15, 0.2) is 58.7 Å². The van der Waals surface area contributed by atoms with Gasteiger partial charge in [-0.2, -0.15) is 0 Å². The van der Waals surface area contributed by atoms with Gasteiger partial charge < -0.3 is 29.9 Å². The maximum absolute atomic E-state index is 13.6. The van der Waals surface area contributed by atoms with E-state index in [0.717, 1.165) is 35.1 Å². The van der Waals surface area contributed by atoms with E-state index in [4.69, 9.17) is 14.5 Å². The normalized spacial score (nSPS) is 16.8. The lowest BCUT2D eigenvalue weighted by Crippen LogP contribution is -2.45. The molecule has 0 bridgehead atoms. The molecule has 2 aliphatic heterocycles. The van der Waals surface area contributed by atoms with Gasteiger partial charge in [0.2, 0.25) is 0 Å². The van der Waals surface area contributed by atoms with Crippen LogP contribution in [0, 0.1) is 0 Å². The van der Waals surface area contributed by atoms with Crippen molar-refractivity contribution < 1.29 is 19.1 Å². The number of likely N-dealkylation sites (N-methyl/N-ethyl adjacent to an activating group) is 1. The Hall–Kier alpha value is -3.66. The molecule has 9 nitrogen and oxygen atoms in total. The topological polar surface area (TPSA) is 95.5 Å². The molecule has 38 heavy (non-hydrogen) atoms. The smallest absolute Gasteiger partial charge is 0.323 e. The van der Waals surface area contributed by atoms with Gasteiger partial charge in [0.1, 0.15) is 11.5 Å².